The summed E-state index contributed by atoms with van der Waals surface area (Å²) in [4.78, 5) is 2.34. The summed E-state index contributed by atoms with van der Waals surface area (Å²) in [6.07, 6.45) is 0. The van der Waals surface area contributed by atoms with Gasteiger partial charge in [0.15, 0.2) is 5.00 Å². The number of nitrogens with one attached hydrogen (secondary N) is 1. The van der Waals surface area contributed by atoms with E-state index in [-0.39, 0.29) is 0 Å². The molecule has 2 aromatic rings. The molecular weight excluding hydrogens is 296 g/mol. The van der Waals surface area contributed by atoms with Gasteiger partial charge in [0.2, 0.25) is 0 Å². The third-order valence-electron chi connectivity index (χ3n) is 3.54. The van der Waals surface area contributed by atoms with Gasteiger partial charge < -0.3 is 10.2 Å². The quantitative estimate of drug-likeness (QED) is 0.883. The first-order valence-corrected chi connectivity index (χ1v) is 7.89. The van der Waals surface area contributed by atoms with Crippen LogP contribution in [0.15, 0.2) is 34.5 Å². The molecule has 0 spiro atoms. The largest absolute Gasteiger partial charge is 0.369 e. The number of hydrogen-bond donors (Lipinski definition) is 1. The van der Waals surface area contributed by atoms with Gasteiger partial charge in [0, 0.05) is 31.9 Å². The summed E-state index contributed by atoms with van der Waals surface area (Å²) in [7, 11) is 0. The van der Waals surface area contributed by atoms with Crippen LogP contribution in [0.2, 0.25) is 0 Å². The number of rotatable bonds is 3. The molecule has 0 amide bonds. The molecule has 22 heavy (non-hydrogen) atoms. The van der Waals surface area contributed by atoms with Crippen LogP contribution in [0.25, 0.3) is 0 Å². The van der Waals surface area contributed by atoms with Crippen molar-refractivity contribution in [3.05, 3.63) is 35.5 Å². The Hall–Kier alpha value is -2.30. The topological polar surface area (TPSA) is 76.7 Å². The SMILES string of the molecule is Cc1nsc(N=Nc2ccc(N3CCNCC3)cc2)c1C#N. The molecule has 0 atom stereocenters. The molecule has 0 saturated carbocycles. The van der Waals surface area contributed by atoms with E-state index in [0.29, 0.717) is 16.3 Å². The van der Waals surface area contributed by atoms with E-state index in [9.17, 15) is 0 Å². The van der Waals surface area contributed by atoms with Crippen molar-refractivity contribution in [1.29, 1.82) is 5.26 Å². The van der Waals surface area contributed by atoms with Crippen LogP contribution < -0.4 is 10.2 Å². The lowest BCUT2D eigenvalue weighted by Gasteiger charge is -2.29. The van der Waals surface area contributed by atoms with E-state index >= 15 is 0 Å². The Morgan fingerprint density at radius 1 is 1.23 bits per heavy atom. The van der Waals surface area contributed by atoms with Crippen molar-refractivity contribution in [2.24, 2.45) is 10.2 Å². The van der Waals surface area contributed by atoms with E-state index in [0.717, 1.165) is 31.9 Å². The molecule has 1 aliphatic rings. The maximum absolute atomic E-state index is 9.07. The van der Waals surface area contributed by atoms with Gasteiger partial charge in [-0.15, -0.1) is 10.2 Å². The summed E-state index contributed by atoms with van der Waals surface area (Å²) in [5.74, 6) is 0. The average Bonchev–Trinajstić information content (AvgIpc) is 2.94. The van der Waals surface area contributed by atoms with Crippen molar-refractivity contribution >= 4 is 27.9 Å². The van der Waals surface area contributed by atoms with E-state index in [1.165, 1.54) is 17.2 Å². The number of anilines is 1. The second-order valence-electron chi connectivity index (χ2n) is 5.01. The van der Waals surface area contributed by atoms with Crippen LogP contribution in [0.5, 0.6) is 0 Å². The fraction of sp³-hybridized carbons (Fsp3) is 0.333. The number of nitrogens with zero attached hydrogens (tertiary/aromatic N) is 5. The Bertz CT molecular complexity index is 707. The number of benzene rings is 1. The molecule has 0 unspecified atom stereocenters. The van der Waals surface area contributed by atoms with Gasteiger partial charge in [-0.1, -0.05) is 0 Å². The Balaban J connectivity index is 1.73. The third-order valence-corrected chi connectivity index (χ3v) is 4.37. The highest BCUT2D eigenvalue weighted by Crippen LogP contribution is 2.29. The molecule has 2 heterocycles. The molecule has 3 rings (SSSR count). The average molecular weight is 312 g/mol. The van der Waals surface area contributed by atoms with E-state index < -0.39 is 0 Å². The zero-order valence-corrected chi connectivity index (χ0v) is 13.1. The number of aromatic nitrogens is 1. The number of hydrogen-bond acceptors (Lipinski definition) is 7. The molecule has 1 N–H and O–H groups in total. The Morgan fingerprint density at radius 3 is 2.64 bits per heavy atom. The summed E-state index contributed by atoms with van der Waals surface area (Å²) in [6, 6.07) is 10.1. The normalized spacial score (nSPS) is 15.2. The van der Waals surface area contributed by atoms with Crippen LogP contribution in [0.3, 0.4) is 0 Å². The number of piperazine rings is 1. The summed E-state index contributed by atoms with van der Waals surface area (Å²) in [5, 5.41) is 21.3. The van der Waals surface area contributed by atoms with E-state index in [4.69, 9.17) is 5.26 Å². The molecule has 0 radical (unpaired) electrons. The lowest BCUT2D eigenvalue weighted by Crippen LogP contribution is -2.43. The van der Waals surface area contributed by atoms with Gasteiger partial charge in [-0.25, -0.2) is 0 Å². The third kappa shape index (κ3) is 3.13. The maximum atomic E-state index is 9.07. The van der Waals surface area contributed by atoms with Gasteiger partial charge in [0.1, 0.15) is 11.6 Å². The minimum atomic E-state index is 0.506. The zero-order valence-electron chi connectivity index (χ0n) is 12.3. The monoisotopic (exact) mass is 312 g/mol. The van der Waals surface area contributed by atoms with Crippen molar-refractivity contribution in [3.63, 3.8) is 0 Å². The van der Waals surface area contributed by atoms with Crippen LogP contribution >= 0.6 is 11.5 Å². The van der Waals surface area contributed by atoms with Crippen LogP contribution in [-0.4, -0.2) is 30.6 Å². The van der Waals surface area contributed by atoms with Crippen LogP contribution in [-0.2, 0) is 0 Å². The first-order chi connectivity index (χ1) is 10.8. The number of azo groups is 1. The van der Waals surface area contributed by atoms with Crippen molar-refractivity contribution in [3.8, 4) is 6.07 Å². The highest BCUT2D eigenvalue weighted by atomic mass is 32.1. The summed E-state index contributed by atoms with van der Waals surface area (Å²) in [6.45, 7) is 5.88. The summed E-state index contributed by atoms with van der Waals surface area (Å²) < 4.78 is 4.13. The predicted molar refractivity (Wildman–Crippen MR) is 87.3 cm³/mol. The Kier molecular flexibility index (Phi) is 4.42. The Labute approximate surface area is 133 Å². The lowest BCUT2D eigenvalue weighted by atomic mass is 10.2. The minimum Gasteiger partial charge on any atom is -0.369 e. The van der Waals surface area contributed by atoms with Crippen LogP contribution in [0.4, 0.5) is 16.4 Å². The van der Waals surface area contributed by atoms with Gasteiger partial charge in [0.05, 0.1) is 11.4 Å². The smallest absolute Gasteiger partial charge is 0.176 e. The standard InChI is InChI=1S/C15H16N6S/c1-11-14(10-16)15(22-20-11)19-18-12-2-4-13(5-3-12)21-8-6-17-7-9-21/h2-5,17H,6-9H2,1H3. The second kappa shape index (κ2) is 6.64. The fourth-order valence-electron chi connectivity index (χ4n) is 2.31. The van der Waals surface area contributed by atoms with Gasteiger partial charge in [0.25, 0.3) is 0 Å². The molecule has 7 heteroatoms. The predicted octanol–water partition coefficient (Wildman–Crippen LogP) is 3.15. The van der Waals surface area contributed by atoms with E-state index in [1.807, 2.05) is 12.1 Å². The maximum Gasteiger partial charge on any atom is 0.176 e. The fourth-order valence-corrected chi connectivity index (χ4v) is 2.99. The summed E-state index contributed by atoms with van der Waals surface area (Å²) in [5.41, 5.74) is 3.18. The molecule has 0 bridgehead atoms. The first-order valence-electron chi connectivity index (χ1n) is 7.12. The van der Waals surface area contributed by atoms with Crippen molar-refractivity contribution in [1.82, 2.24) is 9.69 Å². The van der Waals surface area contributed by atoms with Crippen molar-refractivity contribution in [2.75, 3.05) is 31.1 Å². The molecule has 0 aliphatic carbocycles. The van der Waals surface area contributed by atoms with Gasteiger partial charge >= 0.3 is 0 Å². The minimum absolute atomic E-state index is 0.506. The van der Waals surface area contributed by atoms with E-state index in [1.54, 1.807) is 6.92 Å². The number of nitriles is 1. The molecule has 112 valence electrons. The van der Waals surface area contributed by atoms with E-state index in [2.05, 4.69) is 43.0 Å². The molecule has 1 aromatic carbocycles. The highest BCUT2D eigenvalue weighted by Gasteiger charge is 2.10. The van der Waals surface area contributed by atoms with Crippen molar-refractivity contribution < 1.29 is 0 Å². The second-order valence-corrected chi connectivity index (χ2v) is 5.77. The summed E-state index contributed by atoms with van der Waals surface area (Å²) >= 11 is 1.20. The molecule has 1 aromatic heterocycles. The molecule has 1 aliphatic heterocycles. The zero-order chi connectivity index (χ0) is 15.4. The van der Waals surface area contributed by atoms with Crippen molar-refractivity contribution in [2.45, 2.75) is 6.92 Å². The molecular formula is C15H16N6S. The van der Waals surface area contributed by atoms with Gasteiger partial charge in [-0.2, -0.15) is 9.64 Å². The highest BCUT2D eigenvalue weighted by molar-refractivity contribution is 7.10. The molecule has 1 saturated heterocycles. The lowest BCUT2D eigenvalue weighted by molar-refractivity contribution is 0.589. The Morgan fingerprint density at radius 2 is 1.95 bits per heavy atom. The molecule has 1 fully saturated rings. The van der Waals surface area contributed by atoms with Crippen LogP contribution in [0, 0.1) is 18.3 Å². The van der Waals surface area contributed by atoms with Crippen LogP contribution in [0.1, 0.15) is 11.3 Å². The number of aryl methyl sites for hydroxylation is 1. The van der Waals surface area contributed by atoms with Gasteiger partial charge in [-0.05, 0) is 42.7 Å². The molecule has 6 nitrogen and oxygen atoms in total. The first kappa shape index (κ1) is 14.6. The van der Waals surface area contributed by atoms with Gasteiger partial charge in [-0.3, -0.25) is 0 Å².